The summed E-state index contributed by atoms with van der Waals surface area (Å²) in [4.78, 5) is 29.2. The second kappa shape index (κ2) is 8.36. The Hall–Kier alpha value is -2.05. The highest BCUT2D eigenvalue weighted by atomic mass is 35.5. The van der Waals surface area contributed by atoms with E-state index in [2.05, 4.69) is 10.3 Å². The van der Waals surface area contributed by atoms with E-state index in [1.54, 1.807) is 32.0 Å². The third-order valence-electron chi connectivity index (χ3n) is 3.73. The zero-order valence-electron chi connectivity index (χ0n) is 14.1. The Bertz CT molecular complexity index is 759. The standard InChI is InChI=1S/C17H18Cl2N2O4/c1-9-13(16(22)24-3)15(11-5-4-6-12(19)21-11)14(10(2)20-9)17(23)25-8-7-18/h4-6,15,20H,7-8H2,1-3H3. The van der Waals surface area contributed by atoms with Crippen LogP contribution in [0.25, 0.3) is 0 Å². The first-order chi connectivity index (χ1) is 11.9. The van der Waals surface area contributed by atoms with E-state index in [1.165, 1.54) is 7.11 Å². The molecule has 1 aromatic heterocycles. The first kappa shape index (κ1) is 19.3. The molecule has 0 spiro atoms. The van der Waals surface area contributed by atoms with E-state index >= 15 is 0 Å². The van der Waals surface area contributed by atoms with Gasteiger partial charge in [-0.15, -0.1) is 11.6 Å². The number of ether oxygens (including phenoxy) is 2. The summed E-state index contributed by atoms with van der Waals surface area (Å²) >= 11 is 11.6. The fourth-order valence-electron chi connectivity index (χ4n) is 2.73. The second-order valence-electron chi connectivity index (χ2n) is 5.34. The molecule has 1 aromatic rings. The molecule has 1 unspecified atom stereocenters. The van der Waals surface area contributed by atoms with E-state index in [-0.39, 0.29) is 28.8 Å². The van der Waals surface area contributed by atoms with Gasteiger partial charge in [-0.05, 0) is 26.0 Å². The molecule has 0 fully saturated rings. The van der Waals surface area contributed by atoms with E-state index < -0.39 is 17.9 Å². The first-order valence-corrected chi connectivity index (χ1v) is 8.44. The zero-order valence-corrected chi connectivity index (χ0v) is 15.6. The van der Waals surface area contributed by atoms with Gasteiger partial charge in [0.25, 0.3) is 0 Å². The number of alkyl halides is 1. The van der Waals surface area contributed by atoms with Crippen molar-refractivity contribution in [2.45, 2.75) is 19.8 Å². The topological polar surface area (TPSA) is 77.5 Å². The average Bonchev–Trinajstić information content (AvgIpc) is 2.58. The van der Waals surface area contributed by atoms with Gasteiger partial charge < -0.3 is 14.8 Å². The summed E-state index contributed by atoms with van der Waals surface area (Å²) in [7, 11) is 1.28. The number of esters is 2. The summed E-state index contributed by atoms with van der Waals surface area (Å²) in [5, 5.41) is 3.28. The van der Waals surface area contributed by atoms with Gasteiger partial charge in [0.05, 0.1) is 35.7 Å². The molecule has 134 valence electrons. The van der Waals surface area contributed by atoms with Crippen LogP contribution in [0.15, 0.2) is 40.7 Å². The van der Waals surface area contributed by atoms with Crippen molar-refractivity contribution in [3.8, 4) is 0 Å². The minimum absolute atomic E-state index is 0.0586. The van der Waals surface area contributed by atoms with Gasteiger partial charge in [-0.1, -0.05) is 17.7 Å². The van der Waals surface area contributed by atoms with Crippen LogP contribution in [0.5, 0.6) is 0 Å². The molecule has 1 aliphatic heterocycles. The van der Waals surface area contributed by atoms with Crippen molar-refractivity contribution in [2.75, 3.05) is 19.6 Å². The van der Waals surface area contributed by atoms with Gasteiger partial charge >= 0.3 is 11.9 Å². The van der Waals surface area contributed by atoms with Crippen molar-refractivity contribution in [3.63, 3.8) is 0 Å². The predicted molar refractivity (Wildman–Crippen MR) is 94.2 cm³/mol. The van der Waals surface area contributed by atoms with Crippen molar-refractivity contribution in [3.05, 3.63) is 51.6 Å². The van der Waals surface area contributed by atoms with Gasteiger partial charge in [0.2, 0.25) is 0 Å². The van der Waals surface area contributed by atoms with Gasteiger partial charge in [0.15, 0.2) is 0 Å². The van der Waals surface area contributed by atoms with Crippen molar-refractivity contribution >= 4 is 35.1 Å². The van der Waals surface area contributed by atoms with Gasteiger partial charge in [0.1, 0.15) is 11.8 Å². The Labute approximate surface area is 155 Å². The van der Waals surface area contributed by atoms with Crippen molar-refractivity contribution in [2.24, 2.45) is 0 Å². The third kappa shape index (κ3) is 4.14. The summed E-state index contributed by atoms with van der Waals surface area (Å²) in [6, 6.07) is 5.01. The van der Waals surface area contributed by atoms with Crippen LogP contribution in [0.4, 0.5) is 0 Å². The maximum Gasteiger partial charge on any atom is 0.336 e. The van der Waals surface area contributed by atoms with Gasteiger partial charge in [-0.2, -0.15) is 0 Å². The van der Waals surface area contributed by atoms with E-state index in [9.17, 15) is 9.59 Å². The lowest BCUT2D eigenvalue weighted by Gasteiger charge is -2.29. The number of dihydropyridines is 1. The smallest absolute Gasteiger partial charge is 0.336 e. The van der Waals surface area contributed by atoms with Crippen LogP contribution in [-0.2, 0) is 19.1 Å². The summed E-state index contributed by atoms with van der Waals surface area (Å²) < 4.78 is 10.1. The van der Waals surface area contributed by atoms with E-state index in [0.29, 0.717) is 17.1 Å². The van der Waals surface area contributed by atoms with Gasteiger partial charge in [0, 0.05) is 11.4 Å². The number of pyridine rings is 1. The summed E-state index contributed by atoms with van der Waals surface area (Å²) in [5.74, 6) is -1.72. The van der Waals surface area contributed by atoms with Gasteiger partial charge in [-0.3, -0.25) is 0 Å². The van der Waals surface area contributed by atoms with Gasteiger partial charge in [-0.25, -0.2) is 14.6 Å². The van der Waals surface area contributed by atoms with Crippen LogP contribution in [0.2, 0.25) is 5.15 Å². The highest BCUT2D eigenvalue weighted by Crippen LogP contribution is 2.38. The minimum Gasteiger partial charge on any atom is -0.466 e. The molecule has 0 saturated heterocycles. The number of hydrogen-bond acceptors (Lipinski definition) is 6. The molecule has 1 aliphatic rings. The Morgan fingerprint density at radius 3 is 2.40 bits per heavy atom. The highest BCUT2D eigenvalue weighted by molar-refractivity contribution is 6.29. The van der Waals surface area contributed by atoms with Crippen LogP contribution in [0.3, 0.4) is 0 Å². The largest absolute Gasteiger partial charge is 0.466 e. The molecular weight excluding hydrogens is 367 g/mol. The highest BCUT2D eigenvalue weighted by Gasteiger charge is 2.38. The average molecular weight is 385 g/mol. The zero-order chi connectivity index (χ0) is 18.6. The second-order valence-corrected chi connectivity index (χ2v) is 6.10. The number of rotatable bonds is 5. The molecule has 2 rings (SSSR count). The first-order valence-electron chi connectivity index (χ1n) is 7.53. The molecular formula is C17H18Cl2N2O4. The molecule has 0 aromatic carbocycles. The molecule has 2 heterocycles. The fourth-order valence-corrected chi connectivity index (χ4v) is 2.98. The minimum atomic E-state index is -0.754. The number of nitrogens with zero attached hydrogens (tertiary/aromatic N) is 1. The number of halogens is 2. The molecule has 0 saturated carbocycles. The number of allylic oxidation sites excluding steroid dienone is 2. The van der Waals surface area contributed by atoms with Crippen LogP contribution < -0.4 is 5.32 Å². The Kier molecular flexibility index (Phi) is 6.45. The van der Waals surface area contributed by atoms with E-state index in [0.717, 1.165) is 0 Å². The Balaban J connectivity index is 2.61. The van der Waals surface area contributed by atoms with Crippen molar-refractivity contribution in [1.29, 1.82) is 0 Å². The predicted octanol–water partition coefficient (Wildman–Crippen LogP) is 2.92. The van der Waals surface area contributed by atoms with Crippen molar-refractivity contribution < 1.29 is 19.1 Å². The number of carbonyl (C=O) groups is 2. The maximum atomic E-state index is 12.6. The lowest BCUT2D eigenvalue weighted by atomic mass is 9.83. The molecule has 1 N–H and O–H groups in total. The van der Waals surface area contributed by atoms with E-state index in [1.807, 2.05) is 0 Å². The maximum absolute atomic E-state index is 12.6. The van der Waals surface area contributed by atoms with Crippen molar-refractivity contribution in [1.82, 2.24) is 10.3 Å². The third-order valence-corrected chi connectivity index (χ3v) is 4.09. The van der Waals surface area contributed by atoms with E-state index in [4.69, 9.17) is 32.7 Å². The van der Waals surface area contributed by atoms with Crippen LogP contribution >= 0.6 is 23.2 Å². The molecule has 25 heavy (non-hydrogen) atoms. The lowest BCUT2D eigenvalue weighted by molar-refractivity contribution is -0.139. The molecule has 6 nitrogen and oxygen atoms in total. The molecule has 0 amide bonds. The number of nitrogens with one attached hydrogen (secondary N) is 1. The van der Waals surface area contributed by atoms with Crippen LogP contribution in [0.1, 0.15) is 25.5 Å². The Morgan fingerprint density at radius 2 is 1.84 bits per heavy atom. The number of methoxy groups -OCH3 is 1. The number of hydrogen-bond donors (Lipinski definition) is 1. The number of aromatic nitrogens is 1. The molecule has 0 aliphatic carbocycles. The summed E-state index contributed by atoms with van der Waals surface area (Å²) in [6.45, 7) is 3.52. The normalized spacial score (nSPS) is 17.2. The Morgan fingerprint density at radius 1 is 1.20 bits per heavy atom. The summed E-state index contributed by atoms with van der Waals surface area (Å²) in [5.41, 5.74) is 2.14. The fraction of sp³-hybridized carbons (Fsp3) is 0.353. The number of carbonyl (C=O) groups excluding carboxylic acids is 2. The quantitative estimate of drug-likeness (QED) is 0.477. The molecule has 8 heteroatoms. The van der Waals surface area contributed by atoms with Crippen LogP contribution in [0, 0.1) is 0 Å². The molecule has 0 radical (unpaired) electrons. The monoisotopic (exact) mass is 384 g/mol. The molecule has 0 bridgehead atoms. The van der Waals surface area contributed by atoms with Crippen LogP contribution in [-0.4, -0.2) is 36.5 Å². The molecule has 1 atom stereocenters. The SMILES string of the molecule is COC(=O)C1=C(C)NC(C)=C(C(=O)OCCCl)C1c1cccc(Cl)n1. The summed E-state index contributed by atoms with van der Waals surface area (Å²) in [6.07, 6.45) is 0. The lowest BCUT2D eigenvalue weighted by Crippen LogP contribution is -2.32.